The van der Waals surface area contributed by atoms with Crippen LogP contribution in [-0.4, -0.2) is 60.2 Å². The van der Waals surface area contributed by atoms with Gasteiger partial charge in [0.05, 0.1) is 0 Å². The van der Waals surface area contributed by atoms with Gasteiger partial charge in [0.25, 0.3) is 5.91 Å². The number of nitrogens with one attached hydrogen (secondary N) is 2. The zero-order valence-electron chi connectivity index (χ0n) is 19.1. The van der Waals surface area contributed by atoms with E-state index >= 15 is 0 Å². The number of hydrogen-bond donors (Lipinski definition) is 2. The summed E-state index contributed by atoms with van der Waals surface area (Å²) in [4.78, 5) is 40.8. The molecule has 1 aliphatic heterocycles. The van der Waals surface area contributed by atoms with Crippen LogP contribution in [0, 0.1) is 12.7 Å². The van der Waals surface area contributed by atoms with Crippen LogP contribution in [0.5, 0.6) is 0 Å². The minimum atomic E-state index is -0.834. The highest BCUT2D eigenvalue weighted by Gasteiger charge is 2.33. The topological polar surface area (TPSA) is 81.8 Å². The van der Waals surface area contributed by atoms with Crippen molar-refractivity contribution in [3.8, 4) is 0 Å². The summed E-state index contributed by atoms with van der Waals surface area (Å²) < 4.78 is 14.4. The van der Waals surface area contributed by atoms with Gasteiger partial charge in [-0.2, -0.15) is 0 Å². The minimum absolute atomic E-state index is 0.166. The van der Waals surface area contributed by atoms with Crippen molar-refractivity contribution in [2.45, 2.75) is 25.9 Å². The first-order chi connectivity index (χ1) is 15.7. The number of benzene rings is 2. The molecule has 2 atom stereocenters. The van der Waals surface area contributed by atoms with Crippen LogP contribution in [0.3, 0.4) is 0 Å². The zero-order chi connectivity index (χ0) is 24.1. The molecule has 174 valence electrons. The average molecular weight is 453 g/mol. The summed E-state index contributed by atoms with van der Waals surface area (Å²) in [5.74, 6) is -0.986. The van der Waals surface area contributed by atoms with Gasteiger partial charge in [-0.15, -0.1) is 0 Å². The van der Waals surface area contributed by atoms with Crippen LogP contribution in [0.2, 0.25) is 0 Å². The fourth-order valence-electron chi connectivity index (χ4n) is 3.89. The number of hydrogen-bond acceptors (Lipinski definition) is 4. The fraction of sp³-hybridized carbons (Fsp3) is 0.320. The Bertz CT molecular complexity index is 1050. The third-order valence-corrected chi connectivity index (χ3v) is 5.86. The molecule has 0 bridgehead atoms. The predicted molar refractivity (Wildman–Crippen MR) is 125 cm³/mol. The number of halogens is 1. The lowest BCUT2D eigenvalue weighted by Gasteiger charge is -2.40. The van der Waals surface area contributed by atoms with E-state index in [1.807, 2.05) is 6.92 Å². The Kier molecular flexibility index (Phi) is 7.48. The molecule has 8 heteroatoms. The first-order valence-electron chi connectivity index (χ1n) is 10.8. The fourth-order valence-corrected chi connectivity index (χ4v) is 3.89. The molecule has 33 heavy (non-hydrogen) atoms. The van der Waals surface area contributed by atoms with Crippen LogP contribution < -0.4 is 10.6 Å². The van der Waals surface area contributed by atoms with E-state index in [4.69, 9.17) is 0 Å². The normalized spacial score (nSPS) is 16.7. The Hall–Kier alpha value is -3.68. The van der Waals surface area contributed by atoms with Crippen LogP contribution in [-0.2, 0) is 9.59 Å². The Morgan fingerprint density at radius 3 is 2.42 bits per heavy atom. The van der Waals surface area contributed by atoms with Gasteiger partial charge in [0, 0.05) is 44.0 Å². The molecular formula is C25H29FN4O3. The van der Waals surface area contributed by atoms with Gasteiger partial charge in [-0.05, 0) is 61.4 Å². The molecule has 0 aliphatic carbocycles. The Balaban J connectivity index is 1.86. The molecule has 3 rings (SSSR count). The van der Waals surface area contributed by atoms with Crippen LogP contribution in [0.15, 0.2) is 55.1 Å². The van der Waals surface area contributed by atoms with Crippen molar-refractivity contribution >= 4 is 23.4 Å². The van der Waals surface area contributed by atoms with Crippen LogP contribution >= 0.6 is 0 Å². The van der Waals surface area contributed by atoms with E-state index in [1.165, 1.54) is 12.1 Å². The van der Waals surface area contributed by atoms with Gasteiger partial charge in [0.1, 0.15) is 11.9 Å². The second-order valence-electron chi connectivity index (χ2n) is 8.11. The van der Waals surface area contributed by atoms with Crippen molar-refractivity contribution in [3.63, 3.8) is 0 Å². The monoisotopic (exact) mass is 452 g/mol. The molecule has 0 unspecified atom stereocenters. The summed E-state index contributed by atoms with van der Waals surface area (Å²) in [5.41, 5.74) is 2.10. The van der Waals surface area contributed by atoms with Crippen molar-refractivity contribution in [1.29, 1.82) is 0 Å². The smallest absolute Gasteiger partial charge is 0.251 e. The highest BCUT2D eigenvalue weighted by atomic mass is 19.1. The number of nitrogens with zero attached hydrogens (tertiary/aromatic N) is 2. The Labute approximate surface area is 193 Å². The maximum absolute atomic E-state index is 14.4. The lowest BCUT2D eigenvalue weighted by atomic mass is 10.0. The molecule has 0 aromatic heterocycles. The van der Waals surface area contributed by atoms with E-state index < -0.39 is 11.9 Å². The van der Waals surface area contributed by atoms with Crippen molar-refractivity contribution in [1.82, 2.24) is 15.1 Å². The lowest BCUT2D eigenvalue weighted by molar-refractivity contribution is -0.140. The second kappa shape index (κ2) is 10.3. The summed E-state index contributed by atoms with van der Waals surface area (Å²) in [6.45, 7) is 8.20. The maximum atomic E-state index is 14.4. The SMILES string of the molecule is C=CC(=O)N1CCN(C(=O)[C@H](Nc2ccc(C(=O)NC)cc2)c2ccc(C)c(F)c2)C[C@H]1C. The summed E-state index contributed by atoms with van der Waals surface area (Å²) in [6.07, 6.45) is 1.27. The first-order valence-corrected chi connectivity index (χ1v) is 10.8. The van der Waals surface area contributed by atoms with Gasteiger partial charge >= 0.3 is 0 Å². The van der Waals surface area contributed by atoms with Gasteiger partial charge < -0.3 is 20.4 Å². The van der Waals surface area contributed by atoms with E-state index in [1.54, 1.807) is 60.2 Å². The lowest BCUT2D eigenvalue weighted by Crippen LogP contribution is -2.56. The van der Waals surface area contributed by atoms with Crippen molar-refractivity contribution in [2.24, 2.45) is 0 Å². The molecule has 2 aromatic carbocycles. The number of rotatable bonds is 6. The third kappa shape index (κ3) is 5.39. The second-order valence-corrected chi connectivity index (χ2v) is 8.11. The van der Waals surface area contributed by atoms with E-state index in [9.17, 15) is 18.8 Å². The van der Waals surface area contributed by atoms with Gasteiger partial charge in [-0.25, -0.2) is 4.39 Å². The highest BCUT2D eigenvalue weighted by molar-refractivity contribution is 5.94. The summed E-state index contributed by atoms with van der Waals surface area (Å²) in [6, 6.07) is 10.5. The number of carbonyl (C=O) groups excluding carboxylic acids is 3. The van der Waals surface area contributed by atoms with Crippen molar-refractivity contribution < 1.29 is 18.8 Å². The third-order valence-electron chi connectivity index (χ3n) is 5.86. The highest BCUT2D eigenvalue weighted by Crippen LogP contribution is 2.25. The number of carbonyl (C=O) groups is 3. The van der Waals surface area contributed by atoms with Crippen molar-refractivity contribution in [3.05, 3.63) is 77.6 Å². The molecule has 1 fully saturated rings. The molecule has 2 aromatic rings. The summed E-state index contributed by atoms with van der Waals surface area (Å²) >= 11 is 0. The number of aryl methyl sites for hydroxylation is 1. The summed E-state index contributed by atoms with van der Waals surface area (Å²) in [5, 5.41) is 5.76. The zero-order valence-corrected chi connectivity index (χ0v) is 19.1. The molecule has 1 aliphatic rings. The van der Waals surface area contributed by atoms with Crippen LogP contribution in [0.4, 0.5) is 10.1 Å². The Morgan fingerprint density at radius 1 is 1.15 bits per heavy atom. The number of anilines is 1. The quantitative estimate of drug-likeness (QED) is 0.661. The van der Waals surface area contributed by atoms with Crippen molar-refractivity contribution in [2.75, 3.05) is 32.0 Å². The van der Waals surface area contributed by atoms with E-state index in [-0.39, 0.29) is 23.8 Å². The first kappa shape index (κ1) is 24.0. The molecule has 7 nitrogen and oxygen atoms in total. The number of piperazine rings is 1. The molecule has 1 saturated heterocycles. The summed E-state index contributed by atoms with van der Waals surface area (Å²) in [7, 11) is 1.55. The molecule has 1 heterocycles. The van der Waals surface area contributed by atoms with Gasteiger partial charge in [0.15, 0.2) is 0 Å². The van der Waals surface area contributed by atoms with E-state index in [0.29, 0.717) is 42.0 Å². The molecule has 0 spiro atoms. The molecule has 0 radical (unpaired) electrons. The molecule has 2 N–H and O–H groups in total. The molecule has 0 saturated carbocycles. The van der Waals surface area contributed by atoms with E-state index in [2.05, 4.69) is 17.2 Å². The average Bonchev–Trinajstić information content (AvgIpc) is 2.83. The van der Waals surface area contributed by atoms with Gasteiger partial charge in [-0.1, -0.05) is 18.7 Å². The van der Waals surface area contributed by atoms with Crippen LogP contribution in [0.1, 0.15) is 34.5 Å². The maximum Gasteiger partial charge on any atom is 0.251 e. The number of amides is 3. The molecule has 3 amide bonds. The van der Waals surface area contributed by atoms with E-state index in [0.717, 1.165) is 0 Å². The Morgan fingerprint density at radius 2 is 1.85 bits per heavy atom. The van der Waals surface area contributed by atoms with Gasteiger partial charge in [-0.3, -0.25) is 14.4 Å². The largest absolute Gasteiger partial charge is 0.370 e. The predicted octanol–water partition coefficient (Wildman–Crippen LogP) is 2.89. The van der Waals surface area contributed by atoms with Gasteiger partial charge in [0.2, 0.25) is 11.8 Å². The molecular weight excluding hydrogens is 423 g/mol. The standard InChI is InChI=1S/C25H29FN4O3/c1-5-22(31)30-13-12-29(15-17(30)3)25(33)23(19-7-6-16(2)21(26)14-19)28-20-10-8-18(9-11-20)24(32)27-4/h5-11,14,17,23,28H,1,12-13,15H2,2-4H3,(H,27,32)/t17-,23-/m1/s1. The van der Waals surface area contributed by atoms with Crippen LogP contribution in [0.25, 0.3) is 0 Å². The minimum Gasteiger partial charge on any atom is -0.370 e.